The van der Waals surface area contributed by atoms with E-state index in [-0.39, 0.29) is 11.8 Å². The van der Waals surface area contributed by atoms with E-state index in [4.69, 9.17) is 11.5 Å². The lowest BCUT2D eigenvalue weighted by molar-refractivity contribution is -0.125. The van der Waals surface area contributed by atoms with E-state index in [9.17, 15) is 4.79 Å². The zero-order valence-electron chi connectivity index (χ0n) is 9.96. The lowest BCUT2D eigenvalue weighted by Crippen LogP contribution is -2.36. The van der Waals surface area contributed by atoms with Crippen molar-refractivity contribution in [2.75, 3.05) is 19.6 Å². The number of carbonyl (C=O) groups excluding carboxylic acids is 1. The third-order valence-corrected chi connectivity index (χ3v) is 2.34. The Morgan fingerprint density at radius 2 is 1.93 bits per heavy atom. The van der Waals surface area contributed by atoms with Gasteiger partial charge in [-0.3, -0.25) is 4.79 Å². The standard InChI is InChI=1S/C11H25N3O/c1-9(2)7-10(8-13)11(15)14-6-4-3-5-12/h9-10H,3-8,12-13H2,1-2H3,(H,14,15). The molecule has 0 aromatic heterocycles. The highest BCUT2D eigenvalue weighted by Crippen LogP contribution is 2.10. The molecular weight excluding hydrogens is 190 g/mol. The van der Waals surface area contributed by atoms with Gasteiger partial charge in [-0.25, -0.2) is 0 Å². The Morgan fingerprint density at radius 1 is 1.27 bits per heavy atom. The summed E-state index contributed by atoms with van der Waals surface area (Å²) >= 11 is 0. The van der Waals surface area contributed by atoms with E-state index in [2.05, 4.69) is 19.2 Å². The second-order valence-electron chi connectivity index (χ2n) is 4.35. The van der Waals surface area contributed by atoms with Crippen LogP contribution >= 0.6 is 0 Å². The monoisotopic (exact) mass is 215 g/mol. The molecular formula is C11H25N3O. The minimum absolute atomic E-state index is 0.0390. The highest BCUT2D eigenvalue weighted by atomic mass is 16.1. The zero-order chi connectivity index (χ0) is 11.7. The van der Waals surface area contributed by atoms with Crippen LogP contribution in [0.1, 0.15) is 33.1 Å². The molecule has 0 radical (unpaired) electrons. The molecule has 0 aromatic carbocycles. The van der Waals surface area contributed by atoms with Crippen LogP contribution in [0.5, 0.6) is 0 Å². The predicted molar refractivity (Wildman–Crippen MR) is 63.3 cm³/mol. The van der Waals surface area contributed by atoms with Gasteiger partial charge in [-0.2, -0.15) is 0 Å². The van der Waals surface area contributed by atoms with Crippen LogP contribution in [0, 0.1) is 11.8 Å². The summed E-state index contributed by atoms with van der Waals surface area (Å²) < 4.78 is 0. The Kier molecular flexibility index (Phi) is 8.33. The number of nitrogens with two attached hydrogens (primary N) is 2. The second kappa shape index (κ2) is 8.68. The first-order valence-electron chi connectivity index (χ1n) is 5.79. The molecule has 4 nitrogen and oxygen atoms in total. The smallest absolute Gasteiger partial charge is 0.224 e. The molecule has 1 amide bonds. The summed E-state index contributed by atoms with van der Waals surface area (Å²) in [6.07, 6.45) is 2.76. The van der Waals surface area contributed by atoms with E-state index in [1.165, 1.54) is 0 Å². The van der Waals surface area contributed by atoms with Crippen LogP contribution in [0.15, 0.2) is 0 Å². The Labute approximate surface area is 92.8 Å². The van der Waals surface area contributed by atoms with Gasteiger partial charge in [0.25, 0.3) is 0 Å². The van der Waals surface area contributed by atoms with E-state index < -0.39 is 0 Å². The minimum atomic E-state index is -0.0390. The molecule has 0 heterocycles. The van der Waals surface area contributed by atoms with Crippen molar-refractivity contribution in [3.05, 3.63) is 0 Å². The third kappa shape index (κ3) is 7.33. The lowest BCUT2D eigenvalue weighted by atomic mass is 9.96. The number of hydrogen-bond acceptors (Lipinski definition) is 3. The first-order valence-corrected chi connectivity index (χ1v) is 5.79. The van der Waals surface area contributed by atoms with Gasteiger partial charge in [0.15, 0.2) is 0 Å². The predicted octanol–water partition coefficient (Wildman–Crippen LogP) is 0.463. The van der Waals surface area contributed by atoms with Crippen LogP contribution in [-0.2, 0) is 4.79 Å². The fourth-order valence-electron chi connectivity index (χ4n) is 1.50. The van der Waals surface area contributed by atoms with Crippen LogP contribution in [0.2, 0.25) is 0 Å². The summed E-state index contributed by atoms with van der Waals surface area (Å²) in [5.41, 5.74) is 10.9. The van der Waals surface area contributed by atoms with E-state index >= 15 is 0 Å². The van der Waals surface area contributed by atoms with Gasteiger partial charge in [0.05, 0.1) is 5.92 Å². The van der Waals surface area contributed by atoms with Crippen LogP contribution in [0.4, 0.5) is 0 Å². The lowest BCUT2D eigenvalue weighted by Gasteiger charge is -2.16. The maximum absolute atomic E-state index is 11.7. The van der Waals surface area contributed by atoms with Crippen molar-refractivity contribution in [3.8, 4) is 0 Å². The summed E-state index contributed by atoms with van der Waals surface area (Å²) in [6, 6.07) is 0. The first-order chi connectivity index (χ1) is 7.11. The molecule has 0 aliphatic heterocycles. The van der Waals surface area contributed by atoms with Crippen molar-refractivity contribution in [3.63, 3.8) is 0 Å². The van der Waals surface area contributed by atoms with Crippen LogP contribution in [0.3, 0.4) is 0 Å². The third-order valence-electron chi connectivity index (χ3n) is 2.34. The molecule has 1 atom stereocenters. The van der Waals surface area contributed by atoms with Crippen LogP contribution < -0.4 is 16.8 Å². The molecule has 0 saturated heterocycles. The number of carbonyl (C=O) groups is 1. The van der Waals surface area contributed by atoms with Crippen molar-refractivity contribution >= 4 is 5.91 Å². The van der Waals surface area contributed by atoms with Crippen molar-refractivity contribution in [2.45, 2.75) is 33.1 Å². The van der Waals surface area contributed by atoms with Crippen LogP contribution in [0.25, 0.3) is 0 Å². The van der Waals surface area contributed by atoms with Gasteiger partial charge < -0.3 is 16.8 Å². The van der Waals surface area contributed by atoms with Gasteiger partial charge in [-0.1, -0.05) is 13.8 Å². The Hall–Kier alpha value is -0.610. The molecule has 0 aromatic rings. The van der Waals surface area contributed by atoms with Gasteiger partial charge in [0.2, 0.25) is 5.91 Å². The van der Waals surface area contributed by atoms with Crippen molar-refractivity contribution < 1.29 is 4.79 Å². The summed E-state index contributed by atoms with van der Waals surface area (Å²) in [5, 5.41) is 2.90. The number of nitrogens with one attached hydrogen (secondary N) is 1. The quantitative estimate of drug-likeness (QED) is 0.515. The average Bonchev–Trinajstić information content (AvgIpc) is 2.20. The molecule has 0 bridgehead atoms. The summed E-state index contributed by atoms with van der Waals surface area (Å²) in [6.45, 7) is 6.03. The van der Waals surface area contributed by atoms with Crippen LogP contribution in [-0.4, -0.2) is 25.5 Å². The molecule has 5 N–H and O–H groups in total. The van der Waals surface area contributed by atoms with E-state index in [0.717, 1.165) is 19.3 Å². The molecule has 0 rings (SSSR count). The van der Waals surface area contributed by atoms with E-state index in [1.807, 2.05) is 0 Å². The maximum atomic E-state index is 11.7. The van der Waals surface area contributed by atoms with Gasteiger partial charge in [-0.15, -0.1) is 0 Å². The fourth-order valence-corrected chi connectivity index (χ4v) is 1.50. The zero-order valence-corrected chi connectivity index (χ0v) is 9.96. The average molecular weight is 215 g/mol. The molecule has 15 heavy (non-hydrogen) atoms. The van der Waals surface area contributed by atoms with Gasteiger partial charge >= 0.3 is 0 Å². The van der Waals surface area contributed by atoms with E-state index in [1.54, 1.807) is 0 Å². The van der Waals surface area contributed by atoms with Crippen molar-refractivity contribution in [1.29, 1.82) is 0 Å². The number of hydrogen-bond donors (Lipinski definition) is 3. The summed E-state index contributed by atoms with van der Waals surface area (Å²) in [7, 11) is 0. The van der Waals surface area contributed by atoms with Crippen molar-refractivity contribution in [1.82, 2.24) is 5.32 Å². The summed E-state index contributed by atoms with van der Waals surface area (Å²) in [4.78, 5) is 11.7. The topological polar surface area (TPSA) is 81.1 Å². The molecule has 0 aliphatic rings. The van der Waals surface area contributed by atoms with Gasteiger partial charge in [0.1, 0.15) is 0 Å². The fraction of sp³-hybridized carbons (Fsp3) is 0.909. The maximum Gasteiger partial charge on any atom is 0.224 e. The highest BCUT2D eigenvalue weighted by molar-refractivity contribution is 5.78. The summed E-state index contributed by atoms with van der Waals surface area (Å²) in [5.74, 6) is 0.555. The molecule has 0 fully saturated rings. The Balaban J connectivity index is 3.73. The van der Waals surface area contributed by atoms with E-state index in [0.29, 0.717) is 25.6 Å². The molecule has 1 unspecified atom stereocenters. The largest absolute Gasteiger partial charge is 0.356 e. The molecule has 0 aliphatic carbocycles. The Morgan fingerprint density at radius 3 is 2.40 bits per heavy atom. The number of unbranched alkanes of at least 4 members (excludes halogenated alkanes) is 1. The molecule has 90 valence electrons. The number of amides is 1. The normalized spacial score (nSPS) is 12.9. The molecule has 0 spiro atoms. The van der Waals surface area contributed by atoms with Gasteiger partial charge in [0, 0.05) is 13.1 Å². The van der Waals surface area contributed by atoms with Gasteiger partial charge in [-0.05, 0) is 31.7 Å². The number of rotatable bonds is 8. The minimum Gasteiger partial charge on any atom is -0.356 e. The highest BCUT2D eigenvalue weighted by Gasteiger charge is 2.17. The SMILES string of the molecule is CC(C)CC(CN)C(=O)NCCCCN. The molecule has 4 heteroatoms. The molecule has 0 saturated carbocycles. The second-order valence-corrected chi connectivity index (χ2v) is 4.35. The first kappa shape index (κ1) is 14.4. The Bertz CT molecular complexity index is 171. The van der Waals surface area contributed by atoms with Crippen molar-refractivity contribution in [2.24, 2.45) is 23.3 Å².